The molecule has 1 fully saturated rings. The summed E-state index contributed by atoms with van der Waals surface area (Å²) in [5.74, 6) is -0.277. The van der Waals surface area contributed by atoms with Gasteiger partial charge in [0, 0.05) is 0 Å². The number of aliphatic hydroxyl groups is 2. The smallest absolute Gasteiger partial charge is 0.476 e. The van der Waals surface area contributed by atoms with Crippen LogP contribution in [0.1, 0.15) is 6.23 Å². The molecule has 2 radical (unpaired) electrons. The number of hydrogen-bond donors (Lipinski definition) is 5. The fourth-order valence-corrected chi connectivity index (χ4v) is 3.98. The summed E-state index contributed by atoms with van der Waals surface area (Å²) >= 11 is 0. The molecule has 0 aromatic carbocycles. The van der Waals surface area contributed by atoms with E-state index in [1.807, 2.05) is 4.98 Å². The molecule has 1 aliphatic heterocycles. The highest BCUT2D eigenvalue weighted by Gasteiger charge is 2.45. The third-order valence-corrected chi connectivity index (χ3v) is 5.68. The van der Waals surface area contributed by atoms with Crippen molar-refractivity contribution in [1.82, 2.24) is 9.55 Å². The van der Waals surface area contributed by atoms with Crippen LogP contribution in [0.4, 0.5) is 0 Å². The summed E-state index contributed by atoms with van der Waals surface area (Å²) in [5, 5.41) is 20.1. The molecule has 27 heavy (non-hydrogen) atoms. The first-order chi connectivity index (χ1) is 12.3. The Morgan fingerprint density at radius 2 is 1.93 bits per heavy atom. The van der Waals surface area contributed by atoms with Gasteiger partial charge in [0.25, 0.3) is 13.0 Å². The number of aliphatic hydroxyl groups excluding tert-OH is 2. The first kappa shape index (κ1) is 22.0. The second-order valence-corrected chi connectivity index (χ2v) is 8.29. The van der Waals surface area contributed by atoms with Crippen molar-refractivity contribution in [3.63, 3.8) is 0 Å². The summed E-state index contributed by atoms with van der Waals surface area (Å²) in [6.07, 6.45) is -5.32. The van der Waals surface area contributed by atoms with Gasteiger partial charge in [0.1, 0.15) is 18.3 Å². The molecule has 0 unspecified atom stereocenters. The minimum atomic E-state index is -5.22. The number of phosphoric acid groups is 1. The van der Waals surface area contributed by atoms with Crippen molar-refractivity contribution < 1.29 is 47.4 Å². The maximum atomic E-state index is 11.9. The summed E-state index contributed by atoms with van der Waals surface area (Å²) in [6.45, 7) is -0.808. The molecule has 0 aliphatic carbocycles. The van der Waals surface area contributed by atoms with Crippen molar-refractivity contribution in [1.29, 1.82) is 0 Å². The van der Waals surface area contributed by atoms with Crippen molar-refractivity contribution in [2.24, 2.45) is 0 Å². The Hall–Kier alpha value is -1.28. The van der Waals surface area contributed by atoms with E-state index in [4.69, 9.17) is 26.8 Å². The van der Waals surface area contributed by atoms with E-state index in [2.05, 4.69) is 8.83 Å². The molecule has 0 bridgehead atoms. The third-order valence-electron chi connectivity index (χ3n) is 3.41. The highest BCUT2D eigenvalue weighted by atomic mass is 31.3. The van der Waals surface area contributed by atoms with Gasteiger partial charge in [0.05, 0.1) is 19.9 Å². The molecule has 1 saturated heterocycles. The topological polar surface area (TPSA) is 207 Å². The maximum Gasteiger partial charge on any atom is 0.476 e. The Balaban J connectivity index is 2.17. The molecule has 1 aliphatic rings. The first-order valence-corrected chi connectivity index (χ1v) is 10.2. The van der Waals surface area contributed by atoms with Crippen LogP contribution in [0.5, 0.6) is 5.75 Å². The molecule has 5 N–H and O–H groups in total. The lowest BCUT2D eigenvalue weighted by molar-refractivity contribution is -0.0522. The van der Waals surface area contributed by atoms with E-state index in [1.54, 1.807) is 0 Å². The van der Waals surface area contributed by atoms with E-state index in [0.29, 0.717) is 0 Å². The fourth-order valence-electron chi connectivity index (χ4n) is 2.25. The molecular weight excluding hydrogens is 413 g/mol. The maximum absolute atomic E-state index is 11.9. The average molecular weight is 428 g/mol. The molecule has 2 heterocycles. The van der Waals surface area contributed by atoms with E-state index in [-0.39, 0.29) is 5.75 Å². The van der Waals surface area contributed by atoms with Crippen molar-refractivity contribution >= 4 is 22.9 Å². The fraction of sp³-hybridized carbons (Fsp3) is 0.600. The molecule has 1 aromatic heterocycles. The second-order valence-electron chi connectivity index (χ2n) is 5.32. The summed E-state index contributed by atoms with van der Waals surface area (Å²) in [7, 11) is -3.76. The quantitative estimate of drug-likeness (QED) is 0.227. The van der Waals surface area contributed by atoms with Crippen molar-refractivity contribution in [3.8, 4) is 5.75 Å². The Morgan fingerprint density at radius 3 is 2.48 bits per heavy atom. The van der Waals surface area contributed by atoms with Crippen molar-refractivity contribution in [3.05, 3.63) is 27.0 Å². The van der Waals surface area contributed by atoms with Gasteiger partial charge in [-0.2, -0.15) is 0 Å². The molecule has 0 saturated carbocycles. The summed E-state index contributed by atoms with van der Waals surface area (Å²) in [4.78, 5) is 42.5. The monoisotopic (exact) mass is 428 g/mol. The molecular formula is C10H15BN2O12P2. The number of rotatable bonds is 7. The largest absolute Gasteiger partial charge is 0.490 e. The zero-order chi connectivity index (χ0) is 20.6. The van der Waals surface area contributed by atoms with Gasteiger partial charge in [-0.25, -0.2) is 13.7 Å². The zero-order valence-electron chi connectivity index (χ0n) is 13.6. The Labute approximate surface area is 151 Å². The lowest BCUT2D eigenvalue weighted by Gasteiger charge is -2.19. The Kier molecular flexibility index (Phi) is 6.52. The van der Waals surface area contributed by atoms with Gasteiger partial charge in [-0.1, -0.05) is 0 Å². The van der Waals surface area contributed by atoms with Gasteiger partial charge in [-0.05, 0) is 0 Å². The first-order valence-electron chi connectivity index (χ1n) is 7.06. The molecule has 17 heteroatoms. The normalized spacial score (nSPS) is 28.0. The van der Waals surface area contributed by atoms with Gasteiger partial charge in [-0.15, -0.1) is 0 Å². The number of ether oxygens (including phenoxy) is 2. The van der Waals surface area contributed by atoms with Crippen LogP contribution in [0.15, 0.2) is 15.8 Å². The highest BCUT2D eigenvalue weighted by molar-refractivity contribution is 7.83. The van der Waals surface area contributed by atoms with Crippen LogP contribution in [-0.4, -0.2) is 69.1 Å². The number of H-pyrrole nitrogens is 1. The van der Waals surface area contributed by atoms with Crippen LogP contribution in [0.25, 0.3) is 0 Å². The molecule has 14 nitrogen and oxygen atoms in total. The minimum Gasteiger partial charge on any atom is -0.490 e. The van der Waals surface area contributed by atoms with Crippen LogP contribution in [0.2, 0.25) is 0 Å². The van der Waals surface area contributed by atoms with Crippen LogP contribution in [-0.2, 0) is 22.7 Å². The summed E-state index contributed by atoms with van der Waals surface area (Å²) in [6, 6.07) is 0. The number of nitrogens with one attached hydrogen (secondary N) is 1. The van der Waals surface area contributed by atoms with Gasteiger partial charge in [0.2, 0.25) is 13.3 Å². The predicted molar refractivity (Wildman–Crippen MR) is 86.2 cm³/mol. The summed E-state index contributed by atoms with van der Waals surface area (Å²) < 4.78 is 41.4. The zero-order valence-corrected chi connectivity index (χ0v) is 15.4. The number of methoxy groups -OCH3 is 1. The van der Waals surface area contributed by atoms with Crippen LogP contribution in [0, 0.1) is 0 Å². The van der Waals surface area contributed by atoms with Crippen LogP contribution in [0.3, 0.4) is 0 Å². The third kappa shape index (κ3) is 5.38. The van der Waals surface area contributed by atoms with Crippen molar-refractivity contribution in [2.45, 2.75) is 24.5 Å². The number of hydrogen-bond acceptors (Lipinski definition) is 10. The van der Waals surface area contributed by atoms with Gasteiger partial charge < -0.3 is 34.0 Å². The van der Waals surface area contributed by atoms with Gasteiger partial charge in [0.15, 0.2) is 6.23 Å². The van der Waals surface area contributed by atoms with E-state index in [9.17, 15) is 28.9 Å². The average Bonchev–Trinajstić information content (AvgIpc) is 2.79. The number of aromatic nitrogens is 2. The Morgan fingerprint density at radius 1 is 1.30 bits per heavy atom. The van der Waals surface area contributed by atoms with E-state index in [0.717, 1.165) is 17.9 Å². The predicted octanol–water partition coefficient (Wildman–Crippen LogP) is -2.43. The molecule has 0 amide bonds. The van der Waals surface area contributed by atoms with Gasteiger partial charge in [-0.3, -0.25) is 18.9 Å². The standard InChI is InChI=1S/C10H15BN2O12P2/c1-22-4-2-13(10(17)12-8(4)16)9-7(15)6(14)5(24-9)3-23-26(11,18)25-27(19,20)21/h2,5-7,9,14-15H,3H2,1H3,(H,12,16,17)(H2,19,20,21)/t5-,6-,7-,9-,26-/m1/s1. The van der Waals surface area contributed by atoms with Crippen LogP contribution >= 0.6 is 15.3 Å². The van der Waals surface area contributed by atoms with E-state index in [1.165, 1.54) is 0 Å². The number of aromatic amines is 1. The molecule has 2 rings (SSSR count). The lowest BCUT2D eigenvalue weighted by Crippen LogP contribution is -2.38. The highest BCUT2D eigenvalue weighted by Crippen LogP contribution is 2.57. The van der Waals surface area contributed by atoms with Gasteiger partial charge >= 0.3 is 13.5 Å². The molecule has 5 atom stereocenters. The summed E-state index contributed by atoms with van der Waals surface area (Å²) in [5.41, 5.74) is -1.81. The SMILES string of the molecule is [B][P@@](=O)(OC[C@H]1O[C@@H](n2cc(OC)c(=O)[nH]c2=O)[C@H](O)[C@@H]1O)OP(=O)(O)O. The lowest BCUT2D eigenvalue weighted by atomic mass is 10.1. The van der Waals surface area contributed by atoms with Crippen LogP contribution < -0.4 is 16.0 Å². The minimum absolute atomic E-state index is 0.277. The number of nitrogens with zero attached hydrogens (tertiary/aromatic N) is 1. The van der Waals surface area contributed by atoms with Crippen molar-refractivity contribution in [2.75, 3.05) is 13.7 Å². The Bertz CT molecular complexity index is 895. The van der Waals surface area contributed by atoms with E-state index >= 15 is 0 Å². The molecule has 150 valence electrons. The molecule has 0 spiro atoms. The van der Waals surface area contributed by atoms with E-state index < -0.39 is 57.7 Å². The second kappa shape index (κ2) is 7.99. The molecule has 1 aromatic rings.